The van der Waals surface area contributed by atoms with Gasteiger partial charge >= 0.3 is 0 Å². The minimum Gasteiger partial charge on any atom is -0.397 e. The topological polar surface area (TPSA) is 68.0 Å². The van der Waals surface area contributed by atoms with Crippen molar-refractivity contribution in [1.29, 1.82) is 0 Å². The maximum atomic E-state index is 13.1. The summed E-state index contributed by atoms with van der Waals surface area (Å²) in [7, 11) is 0. The Morgan fingerprint density at radius 2 is 2.13 bits per heavy atom. The molecule has 0 bridgehead atoms. The van der Waals surface area contributed by atoms with Gasteiger partial charge in [-0.05, 0) is 55.4 Å². The van der Waals surface area contributed by atoms with E-state index >= 15 is 0 Å². The number of amides is 1. The Labute approximate surface area is 184 Å². The third kappa shape index (κ3) is 3.34. The Morgan fingerprint density at radius 1 is 1.27 bits per heavy atom. The largest absolute Gasteiger partial charge is 0.397 e. The van der Waals surface area contributed by atoms with Crippen molar-refractivity contribution in [2.24, 2.45) is 0 Å². The lowest BCUT2D eigenvalue weighted by Crippen LogP contribution is -2.12. The lowest BCUT2D eigenvalue weighted by Gasteiger charge is -2.20. The number of nitrogens with one attached hydrogen (secondary N) is 1. The average Bonchev–Trinajstić information content (AvgIpc) is 3.41. The highest BCUT2D eigenvalue weighted by Crippen LogP contribution is 2.46. The van der Waals surface area contributed by atoms with Crippen molar-refractivity contribution in [2.75, 3.05) is 16.8 Å². The second-order valence-corrected chi connectivity index (χ2v) is 9.77. The molecule has 5 rings (SSSR count). The van der Waals surface area contributed by atoms with Gasteiger partial charge in [0.1, 0.15) is 9.71 Å². The van der Waals surface area contributed by atoms with Crippen LogP contribution < -0.4 is 11.1 Å². The van der Waals surface area contributed by atoms with E-state index in [1.165, 1.54) is 45.9 Å². The minimum atomic E-state index is -0.186. The molecular formula is C24H23N3OS2. The summed E-state index contributed by atoms with van der Waals surface area (Å²) in [6.45, 7) is 3.79. The highest BCUT2D eigenvalue weighted by Gasteiger charge is 2.27. The Kier molecular flexibility index (Phi) is 5.13. The van der Waals surface area contributed by atoms with Gasteiger partial charge in [-0.3, -0.25) is 4.79 Å². The van der Waals surface area contributed by atoms with Crippen LogP contribution in [0.1, 0.15) is 51.3 Å². The van der Waals surface area contributed by atoms with Crippen molar-refractivity contribution < 1.29 is 4.79 Å². The first-order chi connectivity index (χ1) is 14.7. The third-order valence-electron chi connectivity index (χ3n) is 5.69. The summed E-state index contributed by atoms with van der Waals surface area (Å²) < 4.78 is 0. The van der Waals surface area contributed by atoms with E-state index in [1.807, 2.05) is 36.0 Å². The molecule has 0 saturated carbocycles. The van der Waals surface area contributed by atoms with Gasteiger partial charge < -0.3 is 11.1 Å². The summed E-state index contributed by atoms with van der Waals surface area (Å²) >= 11 is 3.29. The van der Waals surface area contributed by atoms with Gasteiger partial charge in [0.25, 0.3) is 5.91 Å². The second kappa shape index (κ2) is 7.93. The van der Waals surface area contributed by atoms with Crippen LogP contribution >= 0.6 is 23.1 Å². The SMILES string of the molecule is C=Cc1cccc(NC(=O)c2sc3nc4c(c(C5=CCCS5)c3c2N)CCCC4)c1. The van der Waals surface area contributed by atoms with Gasteiger partial charge in [-0.25, -0.2) is 4.98 Å². The number of nitrogen functional groups attached to an aromatic ring is 1. The average molecular weight is 434 g/mol. The first-order valence-corrected chi connectivity index (χ1v) is 12.1. The molecule has 3 heterocycles. The zero-order valence-electron chi connectivity index (χ0n) is 16.7. The van der Waals surface area contributed by atoms with Crippen molar-refractivity contribution >= 4 is 61.6 Å². The van der Waals surface area contributed by atoms with E-state index < -0.39 is 0 Å². The number of allylic oxidation sites excluding steroid dienone is 1. The molecule has 0 fully saturated rings. The molecule has 2 aliphatic rings. The van der Waals surface area contributed by atoms with Crippen LogP contribution in [0.5, 0.6) is 0 Å². The molecule has 1 aromatic carbocycles. The van der Waals surface area contributed by atoms with Crippen LogP contribution in [0.3, 0.4) is 0 Å². The first kappa shape index (κ1) is 19.4. The number of benzene rings is 1. The van der Waals surface area contributed by atoms with Gasteiger partial charge in [-0.2, -0.15) is 0 Å². The molecule has 152 valence electrons. The van der Waals surface area contributed by atoms with Crippen molar-refractivity contribution in [3.8, 4) is 0 Å². The van der Waals surface area contributed by atoms with Crippen molar-refractivity contribution in [3.63, 3.8) is 0 Å². The molecule has 0 unspecified atom stereocenters. The lowest BCUT2D eigenvalue weighted by atomic mass is 9.90. The van der Waals surface area contributed by atoms with Crippen LogP contribution in [0.4, 0.5) is 11.4 Å². The Morgan fingerprint density at radius 3 is 2.93 bits per heavy atom. The van der Waals surface area contributed by atoms with Gasteiger partial charge in [0.15, 0.2) is 0 Å². The summed E-state index contributed by atoms with van der Waals surface area (Å²) in [5.74, 6) is 0.916. The molecule has 2 aromatic heterocycles. The Balaban J connectivity index is 1.62. The predicted molar refractivity (Wildman–Crippen MR) is 130 cm³/mol. The van der Waals surface area contributed by atoms with Gasteiger partial charge in [0, 0.05) is 33.0 Å². The first-order valence-electron chi connectivity index (χ1n) is 10.3. The molecule has 3 N–H and O–H groups in total. The van der Waals surface area contributed by atoms with Crippen molar-refractivity contribution in [3.05, 3.63) is 64.2 Å². The Bertz CT molecular complexity index is 1210. The van der Waals surface area contributed by atoms with Crippen LogP contribution in [0.25, 0.3) is 21.2 Å². The van der Waals surface area contributed by atoms with Crippen LogP contribution in [0, 0.1) is 0 Å². The minimum absolute atomic E-state index is 0.186. The molecule has 3 aromatic rings. The van der Waals surface area contributed by atoms with E-state index in [-0.39, 0.29) is 5.91 Å². The number of aromatic nitrogens is 1. The second-order valence-electron chi connectivity index (χ2n) is 7.63. The molecule has 0 radical (unpaired) electrons. The van der Waals surface area contributed by atoms with E-state index in [9.17, 15) is 4.79 Å². The number of nitrogens with zero attached hydrogens (tertiary/aromatic N) is 1. The number of pyridine rings is 1. The van der Waals surface area contributed by atoms with Gasteiger partial charge in [-0.1, -0.05) is 30.9 Å². The Hall–Kier alpha value is -2.57. The van der Waals surface area contributed by atoms with E-state index in [0.717, 1.165) is 46.5 Å². The number of hydrogen-bond acceptors (Lipinski definition) is 5. The molecule has 30 heavy (non-hydrogen) atoms. The van der Waals surface area contributed by atoms with Crippen LogP contribution in [-0.2, 0) is 12.8 Å². The van der Waals surface area contributed by atoms with E-state index in [4.69, 9.17) is 10.7 Å². The number of thiophene rings is 1. The number of rotatable bonds is 4. The van der Waals surface area contributed by atoms with E-state index in [2.05, 4.69) is 18.0 Å². The maximum Gasteiger partial charge on any atom is 0.267 e. The monoisotopic (exact) mass is 433 g/mol. The van der Waals surface area contributed by atoms with Gasteiger partial charge in [0.05, 0.1) is 5.69 Å². The number of carbonyl (C=O) groups excluding carboxylic acids is 1. The normalized spacial score (nSPS) is 15.7. The highest BCUT2D eigenvalue weighted by molar-refractivity contribution is 8.08. The number of aryl methyl sites for hydroxylation is 1. The lowest BCUT2D eigenvalue weighted by molar-refractivity contribution is 0.103. The standard InChI is InChI=1S/C24H23N3OS2/c1-2-14-7-5-8-15(13-14)26-23(28)22-21(25)20-19(18-11-6-12-29-18)16-9-3-4-10-17(16)27-24(20)30-22/h2,5,7-8,11,13H,1,3-4,6,9-10,12,25H2,(H,26,28). The fourth-order valence-electron chi connectivity index (χ4n) is 4.27. The smallest absolute Gasteiger partial charge is 0.267 e. The fraction of sp³-hybridized carbons (Fsp3) is 0.250. The number of anilines is 2. The van der Waals surface area contributed by atoms with E-state index in [1.54, 1.807) is 6.08 Å². The zero-order valence-corrected chi connectivity index (χ0v) is 18.3. The van der Waals surface area contributed by atoms with E-state index in [0.29, 0.717) is 10.6 Å². The summed E-state index contributed by atoms with van der Waals surface area (Å²) in [4.78, 5) is 20.8. The molecule has 0 saturated heterocycles. The van der Waals surface area contributed by atoms with Crippen molar-refractivity contribution in [1.82, 2.24) is 4.98 Å². The molecule has 6 heteroatoms. The number of fused-ring (bicyclic) bond motifs is 2. The van der Waals surface area contributed by atoms with Crippen molar-refractivity contribution in [2.45, 2.75) is 32.1 Å². The molecular weight excluding hydrogens is 410 g/mol. The molecule has 1 amide bonds. The fourth-order valence-corrected chi connectivity index (χ4v) is 6.35. The number of carbonyl (C=O) groups is 1. The molecule has 0 spiro atoms. The maximum absolute atomic E-state index is 13.1. The quantitative estimate of drug-likeness (QED) is 0.519. The van der Waals surface area contributed by atoms with Crippen LogP contribution in [0.2, 0.25) is 0 Å². The summed E-state index contributed by atoms with van der Waals surface area (Å²) in [5.41, 5.74) is 12.6. The molecule has 1 aliphatic carbocycles. The highest BCUT2D eigenvalue weighted by atomic mass is 32.2. The third-order valence-corrected chi connectivity index (χ3v) is 7.91. The zero-order chi connectivity index (χ0) is 20.7. The van der Waals surface area contributed by atoms with Crippen LogP contribution in [-0.4, -0.2) is 16.6 Å². The summed E-state index contributed by atoms with van der Waals surface area (Å²) in [5, 5.41) is 3.95. The number of hydrogen-bond donors (Lipinski definition) is 2. The molecule has 1 aliphatic heterocycles. The van der Waals surface area contributed by atoms with Gasteiger partial charge in [0.2, 0.25) is 0 Å². The molecule has 0 atom stereocenters. The summed E-state index contributed by atoms with van der Waals surface area (Å²) in [6.07, 6.45) is 9.55. The number of nitrogens with two attached hydrogens (primary N) is 1. The number of thioether (sulfide) groups is 1. The van der Waals surface area contributed by atoms with Crippen LogP contribution in [0.15, 0.2) is 36.9 Å². The predicted octanol–water partition coefficient (Wildman–Crippen LogP) is 6.13. The van der Waals surface area contributed by atoms with Gasteiger partial charge in [-0.15, -0.1) is 23.1 Å². The summed E-state index contributed by atoms with van der Waals surface area (Å²) in [6, 6.07) is 7.62. The molecule has 4 nitrogen and oxygen atoms in total.